The second-order valence-electron chi connectivity index (χ2n) is 7.21. The predicted octanol–water partition coefficient (Wildman–Crippen LogP) is 3.52. The Labute approximate surface area is 130 Å². The zero-order chi connectivity index (χ0) is 15.3. The van der Waals surface area contributed by atoms with Crippen LogP contribution in [0.15, 0.2) is 28.9 Å². The highest BCUT2D eigenvalue weighted by Gasteiger charge is 2.47. The molecular weight excluding hydrogens is 276 g/mol. The van der Waals surface area contributed by atoms with Crippen LogP contribution in [0.25, 0.3) is 11.1 Å². The minimum atomic E-state index is 0.122. The molecule has 0 amide bonds. The van der Waals surface area contributed by atoms with Crippen LogP contribution in [-0.2, 0) is 0 Å². The molecule has 3 aliphatic rings. The minimum absolute atomic E-state index is 0.122. The second kappa shape index (κ2) is 4.92. The molecule has 2 aromatic heterocycles. The summed E-state index contributed by atoms with van der Waals surface area (Å²) in [6, 6.07) is 5.45. The lowest BCUT2D eigenvalue weighted by Crippen LogP contribution is -2.61. The molecule has 3 aliphatic heterocycles. The smallest absolute Gasteiger partial charge is 0.181 e. The van der Waals surface area contributed by atoms with Gasteiger partial charge in [-0.1, -0.05) is 0 Å². The van der Waals surface area contributed by atoms with Crippen molar-refractivity contribution in [2.75, 3.05) is 13.1 Å². The lowest BCUT2D eigenvalue weighted by Gasteiger charge is -2.56. The number of fused-ring (bicyclic) bond motifs is 4. The number of ketones is 1. The molecule has 2 bridgehead atoms. The summed E-state index contributed by atoms with van der Waals surface area (Å²) in [5.74, 6) is 1.28. The molecule has 5 rings (SSSR count). The van der Waals surface area contributed by atoms with Crippen molar-refractivity contribution >= 4 is 16.9 Å². The van der Waals surface area contributed by atoms with Gasteiger partial charge in [-0.3, -0.25) is 9.69 Å². The van der Waals surface area contributed by atoms with E-state index >= 15 is 0 Å². The van der Waals surface area contributed by atoms with Crippen LogP contribution in [0.1, 0.15) is 43.6 Å². The van der Waals surface area contributed by atoms with Gasteiger partial charge in [0.05, 0.1) is 6.26 Å². The molecule has 0 saturated carbocycles. The van der Waals surface area contributed by atoms with E-state index in [4.69, 9.17) is 4.42 Å². The molecule has 4 nitrogen and oxygen atoms in total. The summed E-state index contributed by atoms with van der Waals surface area (Å²) >= 11 is 0. The quantitative estimate of drug-likeness (QED) is 0.813. The lowest BCUT2D eigenvalue weighted by molar-refractivity contribution is -0.0644. The number of furan rings is 1. The Bertz CT molecular complexity index is 711. The third kappa shape index (κ3) is 2.09. The molecule has 0 N–H and O–H groups in total. The van der Waals surface area contributed by atoms with E-state index in [1.807, 2.05) is 12.1 Å². The Kier molecular flexibility index (Phi) is 3.12. The number of carbonyl (C=O) groups is 1. The van der Waals surface area contributed by atoms with Crippen molar-refractivity contribution in [1.29, 1.82) is 0 Å². The van der Waals surface area contributed by atoms with Crippen LogP contribution < -0.4 is 0 Å². The number of hydrogen-bond acceptors (Lipinski definition) is 4. The zero-order valence-electron chi connectivity index (χ0n) is 13.2. The number of nitrogens with zero attached hydrogens (tertiary/aromatic N) is 2. The topological polar surface area (TPSA) is 46.3 Å². The van der Waals surface area contributed by atoms with Crippen LogP contribution in [0.5, 0.6) is 0 Å². The van der Waals surface area contributed by atoms with Crippen molar-refractivity contribution in [2.24, 2.45) is 11.8 Å². The third-order valence-corrected chi connectivity index (χ3v) is 5.83. The minimum Gasteiger partial charge on any atom is -0.463 e. The highest BCUT2D eigenvalue weighted by molar-refractivity contribution is 5.96. The molecule has 0 unspecified atom stereocenters. The summed E-state index contributed by atoms with van der Waals surface area (Å²) in [5.41, 5.74) is 2.19. The molecule has 2 aromatic rings. The average Bonchev–Trinajstić information content (AvgIpc) is 2.98. The Hall–Kier alpha value is -1.68. The van der Waals surface area contributed by atoms with Gasteiger partial charge >= 0.3 is 0 Å². The van der Waals surface area contributed by atoms with Gasteiger partial charge in [-0.2, -0.15) is 0 Å². The van der Waals surface area contributed by atoms with E-state index in [9.17, 15) is 4.79 Å². The summed E-state index contributed by atoms with van der Waals surface area (Å²) in [6.45, 7) is 6.95. The fraction of sp³-hybridized carbons (Fsp3) is 0.556. The van der Waals surface area contributed by atoms with Gasteiger partial charge < -0.3 is 4.42 Å². The largest absolute Gasteiger partial charge is 0.463 e. The number of piperidine rings is 3. The van der Waals surface area contributed by atoms with Gasteiger partial charge in [-0.15, -0.1) is 0 Å². The Morgan fingerprint density at radius 3 is 2.82 bits per heavy atom. The van der Waals surface area contributed by atoms with Gasteiger partial charge in [-0.25, -0.2) is 4.98 Å². The van der Waals surface area contributed by atoms with E-state index in [2.05, 4.69) is 23.7 Å². The highest BCUT2D eigenvalue weighted by Crippen LogP contribution is 2.45. The monoisotopic (exact) mass is 298 g/mol. The number of aromatic nitrogens is 1. The molecule has 4 heteroatoms. The fourth-order valence-electron chi connectivity index (χ4n) is 4.42. The number of Topliss-reactive ketones (excluding diaryl/α,β-unsaturated/α-hetero) is 1. The second-order valence-corrected chi connectivity index (χ2v) is 7.21. The van der Waals surface area contributed by atoms with Crippen molar-refractivity contribution in [3.05, 3.63) is 30.2 Å². The molecule has 1 atom stereocenters. The molecule has 0 spiro atoms. The summed E-state index contributed by atoms with van der Waals surface area (Å²) in [4.78, 5) is 19.7. The molecule has 22 heavy (non-hydrogen) atoms. The van der Waals surface area contributed by atoms with Crippen molar-refractivity contribution in [3.8, 4) is 0 Å². The van der Waals surface area contributed by atoms with Crippen LogP contribution in [0.2, 0.25) is 0 Å². The standard InChI is InChI=1S/C18H22N2O2/c1-18(2)13(12-5-8-20(18)9-6-12)11-16(21)14-3-4-17-15(19-14)7-10-22-17/h3-4,7,10,12-13H,5-6,8-9,11H2,1-2H3/t13-/m1/s1. The molecule has 3 saturated heterocycles. The molecule has 0 aliphatic carbocycles. The first-order chi connectivity index (χ1) is 10.6. The van der Waals surface area contributed by atoms with Gasteiger partial charge in [0.25, 0.3) is 0 Å². The van der Waals surface area contributed by atoms with E-state index in [0.717, 1.165) is 11.1 Å². The number of carbonyl (C=O) groups excluding carboxylic acids is 1. The van der Waals surface area contributed by atoms with Gasteiger partial charge in [-0.05, 0) is 63.7 Å². The van der Waals surface area contributed by atoms with Gasteiger partial charge in [0.1, 0.15) is 11.2 Å². The number of pyridine rings is 1. The lowest BCUT2D eigenvalue weighted by atomic mass is 9.65. The predicted molar refractivity (Wildman–Crippen MR) is 84.8 cm³/mol. The Balaban J connectivity index is 1.58. The maximum Gasteiger partial charge on any atom is 0.181 e. The average molecular weight is 298 g/mol. The summed E-state index contributed by atoms with van der Waals surface area (Å²) in [5, 5.41) is 0. The van der Waals surface area contributed by atoms with Crippen LogP contribution in [0.4, 0.5) is 0 Å². The molecule has 5 heterocycles. The Morgan fingerprint density at radius 1 is 1.32 bits per heavy atom. The SMILES string of the molecule is CC1(C)[C@H](CC(=O)c2ccc3occc3n2)C2CCN1CC2. The number of rotatable bonds is 3. The first-order valence-corrected chi connectivity index (χ1v) is 8.18. The van der Waals surface area contributed by atoms with E-state index in [0.29, 0.717) is 24.0 Å². The van der Waals surface area contributed by atoms with Gasteiger partial charge in [0.2, 0.25) is 0 Å². The third-order valence-electron chi connectivity index (χ3n) is 5.83. The molecular formula is C18H22N2O2. The maximum atomic E-state index is 12.7. The normalized spacial score (nSPS) is 29.8. The fourth-order valence-corrected chi connectivity index (χ4v) is 4.42. The van der Waals surface area contributed by atoms with Crippen molar-refractivity contribution in [3.63, 3.8) is 0 Å². The Morgan fingerprint density at radius 2 is 2.09 bits per heavy atom. The van der Waals surface area contributed by atoms with Crippen LogP contribution >= 0.6 is 0 Å². The van der Waals surface area contributed by atoms with Crippen LogP contribution in [0, 0.1) is 11.8 Å². The van der Waals surface area contributed by atoms with E-state index in [1.54, 1.807) is 12.3 Å². The van der Waals surface area contributed by atoms with Crippen molar-refractivity contribution in [2.45, 2.75) is 38.6 Å². The molecule has 0 radical (unpaired) electrons. The van der Waals surface area contributed by atoms with E-state index in [1.165, 1.54) is 25.9 Å². The van der Waals surface area contributed by atoms with Crippen LogP contribution in [0.3, 0.4) is 0 Å². The van der Waals surface area contributed by atoms with Crippen molar-refractivity contribution in [1.82, 2.24) is 9.88 Å². The zero-order valence-corrected chi connectivity index (χ0v) is 13.2. The number of hydrogen-bond donors (Lipinski definition) is 0. The molecule has 116 valence electrons. The maximum absolute atomic E-state index is 12.7. The van der Waals surface area contributed by atoms with Crippen LogP contribution in [-0.4, -0.2) is 34.3 Å². The summed E-state index contributed by atoms with van der Waals surface area (Å²) < 4.78 is 5.30. The highest BCUT2D eigenvalue weighted by atomic mass is 16.3. The molecule has 3 fully saturated rings. The first kappa shape index (κ1) is 13.9. The van der Waals surface area contributed by atoms with E-state index < -0.39 is 0 Å². The van der Waals surface area contributed by atoms with Crippen molar-refractivity contribution < 1.29 is 9.21 Å². The van der Waals surface area contributed by atoms with Gasteiger partial charge in [0, 0.05) is 18.0 Å². The van der Waals surface area contributed by atoms with Gasteiger partial charge in [0.15, 0.2) is 11.4 Å². The first-order valence-electron chi connectivity index (χ1n) is 8.18. The summed E-state index contributed by atoms with van der Waals surface area (Å²) in [6.07, 6.45) is 4.68. The molecule has 0 aromatic carbocycles. The summed E-state index contributed by atoms with van der Waals surface area (Å²) in [7, 11) is 0. The van der Waals surface area contributed by atoms with E-state index in [-0.39, 0.29) is 11.3 Å².